The molecule has 1 heterocycles. The summed E-state index contributed by atoms with van der Waals surface area (Å²) >= 11 is 1.23. The highest BCUT2D eigenvalue weighted by atomic mass is 32.2. The van der Waals surface area contributed by atoms with Gasteiger partial charge in [0.2, 0.25) is 5.91 Å². The van der Waals surface area contributed by atoms with Crippen molar-refractivity contribution in [3.63, 3.8) is 0 Å². The van der Waals surface area contributed by atoms with E-state index in [-0.39, 0.29) is 29.3 Å². The number of carbonyl (C=O) groups excluding carboxylic acids is 1. The van der Waals surface area contributed by atoms with Gasteiger partial charge >= 0.3 is 0 Å². The highest BCUT2D eigenvalue weighted by molar-refractivity contribution is 7.99. The monoisotopic (exact) mass is 459 g/mol. The van der Waals surface area contributed by atoms with Gasteiger partial charge in [-0.3, -0.25) is 4.79 Å². The highest BCUT2D eigenvalue weighted by Gasteiger charge is 2.20. The summed E-state index contributed by atoms with van der Waals surface area (Å²) in [7, 11) is 3.06. The quantitative estimate of drug-likeness (QED) is 0.478. The molecule has 0 radical (unpaired) electrons. The molecule has 0 spiro atoms. The topological polar surface area (TPSA) is 134 Å². The number of thioether (sulfide) groups is 1. The number of nitrogen functional groups attached to an aromatic ring is 1. The molecule has 0 fully saturated rings. The molecule has 0 bridgehead atoms. The SMILES string of the molecule is COc1cc(NC(=O)CCSc2nc(N)c(C#N)c(-c3ccccc3)c2C#N)cc(OC)c1. The van der Waals surface area contributed by atoms with Gasteiger partial charge in [0.15, 0.2) is 0 Å². The Morgan fingerprint density at radius 3 is 2.27 bits per heavy atom. The van der Waals surface area contributed by atoms with Gasteiger partial charge in [0, 0.05) is 41.6 Å². The lowest BCUT2D eigenvalue weighted by Gasteiger charge is -2.13. The molecule has 3 N–H and O–H groups in total. The number of nitriles is 2. The van der Waals surface area contributed by atoms with Gasteiger partial charge in [-0.25, -0.2) is 4.98 Å². The van der Waals surface area contributed by atoms with Crippen LogP contribution in [-0.4, -0.2) is 30.9 Å². The fraction of sp³-hybridized carbons (Fsp3) is 0.167. The van der Waals surface area contributed by atoms with Crippen LogP contribution in [0.5, 0.6) is 11.5 Å². The highest BCUT2D eigenvalue weighted by Crippen LogP contribution is 2.35. The molecule has 3 aromatic rings. The summed E-state index contributed by atoms with van der Waals surface area (Å²) in [6.07, 6.45) is 0.164. The van der Waals surface area contributed by atoms with Crippen LogP contribution in [0.15, 0.2) is 53.6 Å². The number of pyridine rings is 1. The van der Waals surface area contributed by atoms with Crippen molar-refractivity contribution in [2.24, 2.45) is 0 Å². The van der Waals surface area contributed by atoms with Gasteiger partial charge in [-0.2, -0.15) is 10.5 Å². The van der Waals surface area contributed by atoms with E-state index in [1.165, 1.54) is 26.0 Å². The molecule has 9 heteroatoms. The molecule has 0 aliphatic heterocycles. The van der Waals surface area contributed by atoms with Crippen LogP contribution < -0.4 is 20.5 Å². The number of nitrogens with two attached hydrogens (primary N) is 1. The van der Waals surface area contributed by atoms with E-state index in [0.717, 1.165) is 0 Å². The Morgan fingerprint density at radius 1 is 1.06 bits per heavy atom. The Labute approximate surface area is 196 Å². The number of methoxy groups -OCH3 is 2. The summed E-state index contributed by atoms with van der Waals surface area (Å²) < 4.78 is 10.4. The third-order valence-corrected chi connectivity index (χ3v) is 5.66. The van der Waals surface area contributed by atoms with Crippen molar-refractivity contribution in [2.75, 3.05) is 31.0 Å². The summed E-state index contributed by atoms with van der Waals surface area (Å²) in [5, 5.41) is 22.6. The molecule has 1 aromatic heterocycles. The number of rotatable bonds is 8. The Morgan fingerprint density at radius 2 is 1.70 bits per heavy atom. The number of ether oxygens (including phenoxy) is 2. The second-order valence-electron chi connectivity index (χ2n) is 6.76. The van der Waals surface area contributed by atoms with Crippen molar-refractivity contribution in [1.82, 2.24) is 4.98 Å². The molecule has 33 heavy (non-hydrogen) atoms. The maximum atomic E-state index is 12.5. The van der Waals surface area contributed by atoms with E-state index in [0.29, 0.717) is 39.1 Å². The minimum absolute atomic E-state index is 0.0470. The number of aromatic nitrogens is 1. The predicted octanol–water partition coefficient (Wildman–Crippen LogP) is 4.21. The molecular weight excluding hydrogens is 438 g/mol. The summed E-state index contributed by atoms with van der Waals surface area (Å²) in [4.78, 5) is 16.7. The van der Waals surface area contributed by atoms with Crippen LogP contribution in [0.1, 0.15) is 17.5 Å². The predicted molar refractivity (Wildman–Crippen MR) is 127 cm³/mol. The molecule has 0 atom stereocenters. The molecule has 0 aliphatic rings. The third-order valence-electron chi connectivity index (χ3n) is 4.68. The fourth-order valence-electron chi connectivity index (χ4n) is 3.14. The minimum atomic E-state index is -0.221. The first-order valence-corrected chi connectivity index (χ1v) is 10.8. The lowest BCUT2D eigenvalue weighted by atomic mass is 9.97. The van der Waals surface area contributed by atoms with Crippen molar-refractivity contribution >= 4 is 29.2 Å². The van der Waals surface area contributed by atoms with Gasteiger partial charge < -0.3 is 20.5 Å². The average molecular weight is 460 g/mol. The van der Waals surface area contributed by atoms with Crippen molar-refractivity contribution in [3.05, 3.63) is 59.7 Å². The number of benzene rings is 2. The molecule has 8 nitrogen and oxygen atoms in total. The fourth-order valence-corrected chi connectivity index (χ4v) is 4.08. The second kappa shape index (κ2) is 10.9. The lowest BCUT2D eigenvalue weighted by Crippen LogP contribution is -2.12. The standard InChI is InChI=1S/C24H21N5O3S/c1-31-17-10-16(11-18(12-17)32-2)28-21(30)8-9-33-24-20(14-26)22(15-6-4-3-5-7-15)19(13-25)23(27)29-24/h3-7,10-12H,8-9H2,1-2H3,(H2,27,29)(H,28,30). The van der Waals surface area contributed by atoms with E-state index < -0.39 is 0 Å². The molecular formula is C24H21N5O3S. The number of hydrogen-bond acceptors (Lipinski definition) is 8. The maximum Gasteiger partial charge on any atom is 0.225 e. The molecule has 1 amide bonds. The Bertz CT molecular complexity index is 1230. The maximum absolute atomic E-state index is 12.5. The second-order valence-corrected chi connectivity index (χ2v) is 7.85. The molecule has 0 aliphatic carbocycles. The van der Waals surface area contributed by atoms with Crippen molar-refractivity contribution < 1.29 is 14.3 Å². The van der Waals surface area contributed by atoms with Crippen LogP contribution in [0.25, 0.3) is 11.1 Å². The van der Waals surface area contributed by atoms with Crippen LogP contribution in [0.3, 0.4) is 0 Å². The summed E-state index contributed by atoms with van der Waals surface area (Å²) in [6.45, 7) is 0. The molecule has 0 unspecified atom stereocenters. The molecule has 0 saturated carbocycles. The van der Waals surface area contributed by atoms with Gasteiger partial charge in [0.25, 0.3) is 0 Å². The van der Waals surface area contributed by atoms with Crippen molar-refractivity contribution in [3.8, 4) is 34.8 Å². The van der Waals surface area contributed by atoms with Gasteiger partial charge in [-0.1, -0.05) is 30.3 Å². The zero-order valence-electron chi connectivity index (χ0n) is 18.1. The van der Waals surface area contributed by atoms with Gasteiger partial charge in [-0.05, 0) is 5.56 Å². The molecule has 0 saturated heterocycles. The van der Waals surface area contributed by atoms with E-state index in [2.05, 4.69) is 22.4 Å². The number of hydrogen-bond donors (Lipinski definition) is 2. The van der Waals surface area contributed by atoms with Crippen LogP contribution in [-0.2, 0) is 4.79 Å². The molecule has 2 aromatic carbocycles. The largest absolute Gasteiger partial charge is 0.497 e. The van der Waals surface area contributed by atoms with E-state index in [1.807, 2.05) is 18.2 Å². The average Bonchev–Trinajstić information content (AvgIpc) is 2.83. The lowest BCUT2D eigenvalue weighted by molar-refractivity contribution is -0.115. The molecule has 3 rings (SSSR count). The van der Waals surface area contributed by atoms with E-state index in [9.17, 15) is 15.3 Å². The normalized spacial score (nSPS) is 10.1. The summed E-state index contributed by atoms with van der Waals surface area (Å²) in [5.74, 6) is 1.30. The smallest absolute Gasteiger partial charge is 0.225 e. The Hall–Kier alpha value is -4.21. The number of nitrogens with one attached hydrogen (secondary N) is 1. The summed E-state index contributed by atoms with van der Waals surface area (Å²) in [5.41, 5.74) is 8.14. The Kier molecular flexibility index (Phi) is 7.74. The van der Waals surface area contributed by atoms with Crippen LogP contribution >= 0.6 is 11.8 Å². The van der Waals surface area contributed by atoms with E-state index >= 15 is 0 Å². The zero-order valence-corrected chi connectivity index (χ0v) is 18.9. The van der Waals surface area contributed by atoms with Crippen LogP contribution in [0.4, 0.5) is 11.5 Å². The zero-order chi connectivity index (χ0) is 23.8. The van der Waals surface area contributed by atoms with Gasteiger partial charge in [-0.15, -0.1) is 11.8 Å². The first-order valence-electron chi connectivity index (χ1n) is 9.85. The van der Waals surface area contributed by atoms with Crippen LogP contribution in [0, 0.1) is 22.7 Å². The third kappa shape index (κ3) is 5.53. The first-order chi connectivity index (χ1) is 16.0. The number of amides is 1. The minimum Gasteiger partial charge on any atom is -0.497 e. The van der Waals surface area contributed by atoms with Crippen molar-refractivity contribution in [1.29, 1.82) is 10.5 Å². The Balaban J connectivity index is 1.77. The van der Waals surface area contributed by atoms with Gasteiger partial charge in [0.1, 0.15) is 40.0 Å². The van der Waals surface area contributed by atoms with E-state index in [4.69, 9.17) is 15.2 Å². The summed E-state index contributed by atoms with van der Waals surface area (Å²) in [6, 6.07) is 18.4. The van der Waals surface area contributed by atoms with Crippen molar-refractivity contribution in [2.45, 2.75) is 11.4 Å². The van der Waals surface area contributed by atoms with E-state index in [1.54, 1.807) is 30.3 Å². The van der Waals surface area contributed by atoms with Gasteiger partial charge in [0.05, 0.1) is 19.8 Å². The number of carbonyl (C=O) groups is 1. The number of anilines is 2. The number of nitrogens with zero attached hydrogens (tertiary/aromatic N) is 3. The van der Waals surface area contributed by atoms with Crippen LogP contribution in [0.2, 0.25) is 0 Å². The first kappa shape index (κ1) is 23.5. The molecule has 166 valence electrons.